The van der Waals surface area contributed by atoms with Crippen LogP contribution in [0.2, 0.25) is 0 Å². The molecule has 4 heteroatoms. The van der Waals surface area contributed by atoms with Crippen LogP contribution >= 0.6 is 15.9 Å². The lowest BCUT2D eigenvalue weighted by Crippen LogP contribution is -2.36. The molecule has 0 amide bonds. The van der Waals surface area contributed by atoms with E-state index in [0.717, 1.165) is 30.2 Å². The second kappa shape index (κ2) is 6.53. The number of carbonyl (C=O) groups is 1. The number of hydrogen-bond acceptors (Lipinski definition) is 2. The summed E-state index contributed by atoms with van der Waals surface area (Å²) in [6, 6.07) is 9.03. The van der Waals surface area contributed by atoms with Gasteiger partial charge in [-0.3, -0.25) is 4.79 Å². The molecule has 0 spiro atoms. The zero-order valence-electron chi connectivity index (χ0n) is 11.1. The molecule has 2 rings (SSSR count). The highest BCUT2D eigenvalue weighted by atomic mass is 79.9. The number of aliphatic carboxylic acids is 1. The van der Waals surface area contributed by atoms with Crippen LogP contribution in [-0.4, -0.2) is 17.1 Å². The van der Waals surface area contributed by atoms with Gasteiger partial charge in [-0.15, -0.1) is 0 Å². The predicted octanol–water partition coefficient (Wildman–Crippen LogP) is 3.74. The Labute approximate surface area is 122 Å². The third-order valence-corrected chi connectivity index (χ3v) is 4.40. The van der Waals surface area contributed by atoms with E-state index >= 15 is 0 Å². The fourth-order valence-electron chi connectivity index (χ4n) is 2.73. The third-order valence-electron chi connectivity index (χ3n) is 3.91. The summed E-state index contributed by atoms with van der Waals surface area (Å²) >= 11 is 3.49. The van der Waals surface area contributed by atoms with Gasteiger partial charge < -0.3 is 10.4 Å². The SMILES string of the molecule is CC(NC1CCC(C(=O)O)CC1)c1cccc(Br)c1. The average molecular weight is 326 g/mol. The molecule has 1 saturated carbocycles. The lowest BCUT2D eigenvalue weighted by molar-refractivity contribution is -0.142. The van der Waals surface area contributed by atoms with Crippen molar-refractivity contribution in [1.82, 2.24) is 5.32 Å². The summed E-state index contributed by atoms with van der Waals surface area (Å²) < 4.78 is 1.09. The first-order chi connectivity index (χ1) is 9.06. The summed E-state index contributed by atoms with van der Waals surface area (Å²) in [5, 5.41) is 12.6. The van der Waals surface area contributed by atoms with E-state index in [2.05, 4.69) is 40.3 Å². The topological polar surface area (TPSA) is 49.3 Å². The van der Waals surface area contributed by atoms with Gasteiger partial charge >= 0.3 is 5.97 Å². The quantitative estimate of drug-likeness (QED) is 0.886. The zero-order chi connectivity index (χ0) is 13.8. The molecule has 104 valence electrons. The number of carboxylic acids is 1. The second-order valence-corrected chi connectivity index (χ2v) is 6.25. The molecule has 2 N–H and O–H groups in total. The Morgan fingerprint density at radius 1 is 1.37 bits per heavy atom. The first kappa shape index (κ1) is 14.5. The van der Waals surface area contributed by atoms with Gasteiger partial charge in [-0.25, -0.2) is 0 Å². The van der Waals surface area contributed by atoms with Gasteiger partial charge in [0.2, 0.25) is 0 Å². The van der Waals surface area contributed by atoms with Crippen molar-refractivity contribution in [3.05, 3.63) is 34.3 Å². The van der Waals surface area contributed by atoms with Crippen LogP contribution in [0.1, 0.15) is 44.2 Å². The molecule has 1 aromatic rings. The third kappa shape index (κ3) is 4.05. The Morgan fingerprint density at radius 2 is 2.05 bits per heavy atom. The largest absolute Gasteiger partial charge is 0.481 e. The molecule has 3 nitrogen and oxygen atoms in total. The van der Waals surface area contributed by atoms with E-state index in [1.54, 1.807) is 0 Å². The van der Waals surface area contributed by atoms with Crippen LogP contribution in [0.15, 0.2) is 28.7 Å². The van der Waals surface area contributed by atoms with Crippen LogP contribution in [0.4, 0.5) is 0 Å². The van der Waals surface area contributed by atoms with E-state index in [1.165, 1.54) is 5.56 Å². The van der Waals surface area contributed by atoms with Crippen LogP contribution in [0.5, 0.6) is 0 Å². The van der Waals surface area contributed by atoms with Crippen molar-refractivity contribution >= 4 is 21.9 Å². The maximum atomic E-state index is 10.9. The molecule has 1 aliphatic carbocycles. The van der Waals surface area contributed by atoms with Gasteiger partial charge in [-0.1, -0.05) is 28.1 Å². The first-order valence-corrected chi connectivity index (χ1v) is 7.60. The maximum Gasteiger partial charge on any atom is 0.306 e. The normalized spacial score (nSPS) is 24.9. The number of rotatable bonds is 4. The predicted molar refractivity (Wildman–Crippen MR) is 79.1 cm³/mol. The molecule has 19 heavy (non-hydrogen) atoms. The second-order valence-electron chi connectivity index (χ2n) is 5.33. The summed E-state index contributed by atoms with van der Waals surface area (Å²) in [5.41, 5.74) is 1.26. The number of hydrogen-bond donors (Lipinski definition) is 2. The summed E-state index contributed by atoms with van der Waals surface area (Å²) in [5.74, 6) is -0.780. The number of halogens is 1. The molecule has 0 radical (unpaired) electrons. The van der Waals surface area contributed by atoms with Gasteiger partial charge in [0.05, 0.1) is 5.92 Å². The molecule has 1 aliphatic rings. The summed E-state index contributed by atoms with van der Waals surface area (Å²) in [4.78, 5) is 10.9. The molecule has 0 aliphatic heterocycles. The van der Waals surface area contributed by atoms with Crippen LogP contribution < -0.4 is 5.32 Å². The van der Waals surface area contributed by atoms with Gasteiger partial charge in [0, 0.05) is 16.6 Å². The van der Waals surface area contributed by atoms with Gasteiger partial charge in [0.1, 0.15) is 0 Å². The summed E-state index contributed by atoms with van der Waals surface area (Å²) in [6.07, 6.45) is 3.49. The Balaban J connectivity index is 1.87. The van der Waals surface area contributed by atoms with Crippen molar-refractivity contribution in [2.75, 3.05) is 0 Å². The maximum absolute atomic E-state index is 10.9. The van der Waals surface area contributed by atoms with Crippen LogP contribution in [-0.2, 0) is 4.79 Å². The van der Waals surface area contributed by atoms with Gasteiger partial charge in [0.25, 0.3) is 0 Å². The van der Waals surface area contributed by atoms with E-state index in [0.29, 0.717) is 12.1 Å². The van der Waals surface area contributed by atoms with Crippen molar-refractivity contribution in [2.24, 2.45) is 5.92 Å². The molecule has 1 atom stereocenters. The Morgan fingerprint density at radius 3 is 2.63 bits per heavy atom. The lowest BCUT2D eigenvalue weighted by atomic mass is 9.85. The highest BCUT2D eigenvalue weighted by molar-refractivity contribution is 9.10. The number of benzene rings is 1. The van der Waals surface area contributed by atoms with Gasteiger partial charge in [-0.2, -0.15) is 0 Å². The molecule has 1 unspecified atom stereocenters. The fraction of sp³-hybridized carbons (Fsp3) is 0.533. The Hall–Kier alpha value is -0.870. The van der Waals surface area contributed by atoms with E-state index in [9.17, 15) is 4.79 Å². The highest BCUT2D eigenvalue weighted by Crippen LogP contribution is 2.26. The Kier molecular flexibility index (Phi) is 4.99. The van der Waals surface area contributed by atoms with Crippen molar-refractivity contribution in [3.8, 4) is 0 Å². The average Bonchev–Trinajstić information content (AvgIpc) is 2.39. The van der Waals surface area contributed by atoms with Crippen molar-refractivity contribution in [3.63, 3.8) is 0 Å². The van der Waals surface area contributed by atoms with Gasteiger partial charge in [0.15, 0.2) is 0 Å². The molecule has 0 saturated heterocycles. The molecular weight excluding hydrogens is 306 g/mol. The molecule has 0 bridgehead atoms. The van der Waals surface area contributed by atoms with Crippen LogP contribution in [0.3, 0.4) is 0 Å². The fourth-order valence-corrected chi connectivity index (χ4v) is 3.15. The molecule has 0 heterocycles. The molecule has 1 fully saturated rings. The summed E-state index contributed by atoms with van der Waals surface area (Å²) in [7, 11) is 0. The molecule has 0 aromatic heterocycles. The van der Waals surface area contributed by atoms with Gasteiger partial charge in [-0.05, 0) is 50.3 Å². The zero-order valence-corrected chi connectivity index (χ0v) is 12.7. The van der Waals surface area contributed by atoms with Crippen molar-refractivity contribution in [1.29, 1.82) is 0 Å². The van der Waals surface area contributed by atoms with Crippen molar-refractivity contribution < 1.29 is 9.90 Å². The van der Waals surface area contributed by atoms with Crippen molar-refractivity contribution in [2.45, 2.75) is 44.7 Å². The monoisotopic (exact) mass is 325 g/mol. The minimum absolute atomic E-state index is 0.140. The number of nitrogens with one attached hydrogen (secondary N) is 1. The standard InChI is InChI=1S/C15H20BrNO2/c1-10(12-3-2-4-13(16)9-12)17-14-7-5-11(6-8-14)15(18)19/h2-4,9-11,14,17H,5-8H2,1H3,(H,18,19). The molecule has 1 aromatic carbocycles. The van der Waals surface area contributed by atoms with E-state index in [4.69, 9.17) is 5.11 Å². The van der Waals surface area contributed by atoms with Crippen LogP contribution in [0, 0.1) is 5.92 Å². The summed E-state index contributed by atoms with van der Waals surface area (Å²) in [6.45, 7) is 2.16. The smallest absolute Gasteiger partial charge is 0.306 e. The van der Waals surface area contributed by atoms with E-state index < -0.39 is 5.97 Å². The number of carboxylic acid groups (broad SMARTS) is 1. The first-order valence-electron chi connectivity index (χ1n) is 6.80. The van der Waals surface area contributed by atoms with E-state index in [-0.39, 0.29) is 5.92 Å². The lowest BCUT2D eigenvalue weighted by Gasteiger charge is -2.29. The molecular formula is C15H20BrNO2. The highest BCUT2D eigenvalue weighted by Gasteiger charge is 2.26. The minimum atomic E-state index is -0.640. The van der Waals surface area contributed by atoms with E-state index in [1.807, 2.05) is 12.1 Å². The Bertz CT molecular complexity index is 442. The minimum Gasteiger partial charge on any atom is -0.481 e. The van der Waals surface area contributed by atoms with Crippen LogP contribution in [0.25, 0.3) is 0 Å².